The number of nitro groups is 1. The Hall–Kier alpha value is -2.90. The van der Waals surface area contributed by atoms with Gasteiger partial charge in [-0.2, -0.15) is 0 Å². The van der Waals surface area contributed by atoms with E-state index in [4.69, 9.17) is 4.52 Å². The summed E-state index contributed by atoms with van der Waals surface area (Å²) >= 11 is 0. The summed E-state index contributed by atoms with van der Waals surface area (Å²) in [4.78, 5) is 22.1. The second-order valence-corrected chi connectivity index (χ2v) is 4.36. The first-order valence-electron chi connectivity index (χ1n) is 6.18. The number of aryl methyl sites for hydroxylation is 1. The molecule has 1 amide bonds. The molecule has 0 bridgehead atoms. The van der Waals surface area contributed by atoms with E-state index in [9.17, 15) is 14.9 Å². The van der Waals surface area contributed by atoms with Crippen LogP contribution in [0.3, 0.4) is 0 Å². The summed E-state index contributed by atoms with van der Waals surface area (Å²) in [6.45, 7) is 2.01. The molecule has 2 aromatic rings. The van der Waals surface area contributed by atoms with Gasteiger partial charge in [0.15, 0.2) is 5.76 Å². The van der Waals surface area contributed by atoms with Crippen molar-refractivity contribution in [2.75, 3.05) is 12.4 Å². The van der Waals surface area contributed by atoms with Crippen molar-refractivity contribution in [3.63, 3.8) is 0 Å². The van der Waals surface area contributed by atoms with E-state index in [2.05, 4.69) is 15.8 Å². The van der Waals surface area contributed by atoms with E-state index < -0.39 is 4.92 Å². The van der Waals surface area contributed by atoms with Gasteiger partial charge in [-0.25, -0.2) is 0 Å². The Morgan fingerprint density at radius 2 is 2.19 bits per heavy atom. The average Bonchev–Trinajstić information content (AvgIpc) is 2.89. The number of amides is 1. The second kappa shape index (κ2) is 6.04. The molecule has 2 rings (SSSR count). The molecule has 0 unspecified atom stereocenters. The zero-order valence-corrected chi connectivity index (χ0v) is 11.5. The summed E-state index contributed by atoms with van der Waals surface area (Å²) in [5.74, 6) is 0.232. The molecular formula is C13H14N4O4. The Morgan fingerprint density at radius 1 is 1.43 bits per heavy atom. The van der Waals surface area contributed by atoms with Gasteiger partial charge in [0.05, 0.1) is 17.2 Å². The summed E-state index contributed by atoms with van der Waals surface area (Å²) in [6, 6.07) is 5.85. The maximum atomic E-state index is 11.6. The van der Waals surface area contributed by atoms with Crippen molar-refractivity contribution in [3.8, 4) is 0 Å². The van der Waals surface area contributed by atoms with Gasteiger partial charge in [-0.05, 0) is 19.1 Å². The Labute approximate surface area is 120 Å². The van der Waals surface area contributed by atoms with Gasteiger partial charge < -0.3 is 15.2 Å². The lowest BCUT2D eigenvalue weighted by Gasteiger charge is -2.07. The molecule has 0 aliphatic heterocycles. The summed E-state index contributed by atoms with van der Waals surface area (Å²) in [6.07, 6.45) is 0. The fraction of sp³-hybridized carbons (Fsp3) is 0.231. The van der Waals surface area contributed by atoms with E-state index >= 15 is 0 Å². The molecule has 0 radical (unpaired) electrons. The van der Waals surface area contributed by atoms with Crippen molar-refractivity contribution in [2.24, 2.45) is 0 Å². The van der Waals surface area contributed by atoms with Gasteiger partial charge in [-0.3, -0.25) is 14.9 Å². The normalized spacial score (nSPS) is 10.2. The summed E-state index contributed by atoms with van der Waals surface area (Å²) < 4.78 is 5.02. The van der Waals surface area contributed by atoms with Crippen molar-refractivity contribution in [2.45, 2.75) is 13.5 Å². The SMILES string of the molecule is CNC(=O)c1ccc([N+](=O)[O-])c(NCc2cc(C)no2)c1. The number of nitro benzene ring substituents is 1. The molecule has 110 valence electrons. The number of carbonyl (C=O) groups is 1. The smallest absolute Gasteiger partial charge is 0.292 e. The molecule has 0 saturated carbocycles. The summed E-state index contributed by atoms with van der Waals surface area (Å²) in [5, 5.41) is 20.1. The molecule has 2 N–H and O–H groups in total. The number of hydrogen-bond acceptors (Lipinski definition) is 6. The van der Waals surface area contributed by atoms with Gasteiger partial charge in [-0.1, -0.05) is 5.16 Å². The van der Waals surface area contributed by atoms with Crippen molar-refractivity contribution in [1.29, 1.82) is 0 Å². The van der Waals surface area contributed by atoms with Crippen LogP contribution in [0, 0.1) is 17.0 Å². The van der Waals surface area contributed by atoms with Crippen molar-refractivity contribution >= 4 is 17.3 Å². The number of carbonyl (C=O) groups excluding carboxylic acids is 1. The van der Waals surface area contributed by atoms with Crippen LogP contribution in [0.15, 0.2) is 28.8 Å². The van der Waals surface area contributed by atoms with Crippen LogP contribution in [-0.4, -0.2) is 23.0 Å². The first-order valence-corrected chi connectivity index (χ1v) is 6.18. The van der Waals surface area contributed by atoms with E-state index in [1.165, 1.54) is 25.2 Å². The molecule has 1 aromatic carbocycles. The number of rotatable bonds is 5. The van der Waals surface area contributed by atoms with Crippen LogP contribution in [0.2, 0.25) is 0 Å². The van der Waals surface area contributed by atoms with Crippen molar-refractivity contribution in [3.05, 3.63) is 51.4 Å². The van der Waals surface area contributed by atoms with Crippen LogP contribution in [0.5, 0.6) is 0 Å². The highest BCUT2D eigenvalue weighted by Crippen LogP contribution is 2.26. The Balaban J connectivity index is 2.25. The molecular weight excluding hydrogens is 276 g/mol. The molecule has 1 heterocycles. The van der Waals surface area contributed by atoms with Gasteiger partial charge in [0.2, 0.25) is 0 Å². The molecule has 0 fully saturated rings. The summed E-state index contributed by atoms with van der Waals surface area (Å²) in [5.41, 5.74) is 1.19. The Kier molecular flexibility index (Phi) is 4.17. The largest absolute Gasteiger partial charge is 0.372 e. The van der Waals surface area contributed by atoms with Gasteiger partial charge in [0.25, 0.3) is 11.6 Å². The van der Waals surface area contributed by atoms with Gasteiger partial charge in [0.1, 0.15) is 5.69 Å². The van der Waals surface area contributed by atoms with Crippen LogP contribution in [-0.2, 0) is 6.54 Å². The van der Waals surface area contributed by atoms with E-state index in [0.717, 1.165) is 5.69 Å². The maximum Gasteiger partial charge on any atom is 0.292 e. The number of nitrogens with one attached hydrogen (secondary N) is 2. The predicted molar refractivity (Wildman–Crippen MR) is 75.1 cm³/mol. The fourth-order valence-corrected chi connectivity index (χ4v) is 1.80. The molecule has 0 atom stereocenters. The molecule has 21 heavy (non-hydrogen) atoms. The third kappa shape index (κ3) is 3.35. The fourth-order valence-electron chi connectivity index (χ4n) is 1.80. The highest BCUT2D eigenvalue weighted by atomic mass is 16.6. The minimum Gasteiger partial charge on any atom is -0.372 e. The predicted octanol–water partition coefficient (Wildman–Crippen LogP) is 1.86. The highest BCUT2D eigenvalue weighted by Gasteiger charge is 2.16. The monoisotopic (exact) mass is 290 g/mol. The van der Waals surface area contributed by atoms with Crippen molar-refractivity contribution < 1.29 is 14.2 Å². The molecule has 8 heteroatoms. The first kappa shape index (κ1) is 14.5. The molecule has 0 aliphatic carbocycles. The minimum atomic E-state index is -0.512. The van der Waals surface area contributed by atoms with Crippen LogP contribution < -0.4 is 10.6 Å². The lowest BCUT2D eigenvalue weighted by atomic mass is 10.1. The zero-order chi connectivity index (χ0) is 15.4. The van der Waals surface area contributed by atoms with E-state index in [0.29, 0.717) is 11.3 Å². The number of anilines is 1. The molecule has 8 nitrogen and oxygen atoms in total. The van der Waals surface area contributed by atoms with Gasteiger partial charge in [0, 0.05) is 24.7 Å². The van der Waals surface area contributed by atoms with Gasteiger partial charge in [-0.15, -0.1) is 0 Å². The lowest BCUT2D eigenvalue weighted by molar-refractivity contribution is -0.384. The number of hydrogen-bond donors (Lipinski definition) is 2. The van der Waals surface area contributed by atoms with Crippen LogP contribution >= 0.6 is 0 Å². The first-order chi connectivity index (χ1) is 10.0. The standard InChI is InChI=1S/C13H14N4O4/c1-8-5-10(21-16-8)7-15-11-6-9(13(18)14-2)3-4-12(11)17(19)20/h3-6,15H,7H2,1-2H3,(H,14,18). The molecule has 0 saturated heterocycles. The summed E-state index contributed by atoms with van der Waals surface area (Å²) in [7, 11) is 1.49. The number of benzene rings is 1. The number of aromatic nitrogens is 1. The van der Waals surface area contributed by atoms with E-state index in [1.54, 1.807) is 13.0 Å². The molecule has 0 spiro atoms. The highest BCUT2D eigenvalue weighted by molar-refractivity contribution is 5.95. The quantitative estimate of drug-likeness (QED) is 0.642. The third-order valence-electron chi connectivity index (χ3n) is 2.81. The molecule has 1 aromatic heterocycles. The topological polar surface area (TPSA) is 110 Å². The minimum absolute atomic E-state index is 0.112. The second-order valence-electron chi connectivity index (χ2n) is 4.36. The lowest BCUT2D eigenvalue weighted by Crippen LogP contribution is -2.18. The zero-order valence-electron chi connectivity index (χ0n) is 11.5. The van der Waals surface area contributed by atoms with Gasteiger partial charge >= 0.3 is 0 Å². The van der Waals surface area contributed by atoms with E-state index in [1.807, 2.05) is 0 Å². The van der Waals surface area contributed by atoms with Crippen LogP contribution in [0.1, 0.15) is 21.8 Å². The van der Waals surface area contributed by atoms with E-state index in [-0.39, 0.29) is 23.8 Å². The third-order valence-corrected chi connectivity index (χ3v) is 2.81. The Morgan fingerprint density at radius 3 is 2.76 bits per heavy atom. The van der Waals surface area contributed by atoms with Crippen LogP contribution in [0.25, 0.3) is 0 Å². The maximum absolute atomic E-state index is 11.6. The molecule has 0 aliphatic rings. The number of nitrogens with zero attached hydrogens (tertiary/aromatic N) is 2. The van der Waals surface area contributed by atoms with Crippen LogP contribution in [0.4, 0.5) is 11.4 Å². The average molecular weight is 290 g/mol. The Bertz CT molecular complexity index is 681. The van der Waals surface area contributed by atoms with Crippen molar-refractivity contribution in [1.82, 2.24) is 10.5 Å².